The van der Waals surface area contributed by atoms with Crippen LogP contribution in [0.5, 0.6) is 0 Å². The minimum atomic E-state index is 0.362. The highest BCUT2D eigenvalue weighted by Crippen LogP contribution is 2.23. The molecule has 90 valence electrons. The van der Waals surface area contributed by atoms with Crippen LogP contribution in [0.4, 0.5) is 0 Å². The minimum absolute atomic E-state index is 0.362. The van der Waals surface area contributed by atoms with E-state index in [0.29, 0.717) is 6.04 Å². The molecule has 0 aromatic carbocycles. The Kier molecular flexibility index (Phi) is 2.96. The lowest BCUT2D eigenvalue weighted by atomic mass is 10.1. The molecule has 2 N–H and O–H groups in total. The van der Waals surface area contributed by atoms with Gasteiger partial charge in [0.1, 0.15) is 11.5 Å². The van der Waals surface area contributed by atoms with E-state index in [-0.39, 0.29) is 0 Å². The van der Waals surface area contributed by atoms with Crippen molar-refractivity contribution in [2.75, 3.05) is 6.54 Å². The van der Waals surface area contributed by atoms with Gasteiger partial charge in [-0.2, -0.15) is 0 Å². The molecule has 2 aromatic rings. The number of rotatable bonds is 2. The smallest absolute Gasteiger partial charge is 0.151 e. The first-order valence-corrected chi connectivity index (χ1v) is 6.25. The van der Waals surface area contributed by atoms with Gasteiger partial charge in [0.05, 0.1) is 18.5 Å². The van der Waals surface area contributed by atoms with Gasteiger partial charge >= 0.3 is 0 Å². The summed E-state index contributed by atoms with van der Waals surface area (Å²) in [5, 5.41) is 3.53. The van der Waals surface area contributed by atoms with Gasteiger partial charge in [-0.15, -0.1) is 0 Å². The Bertz CT molecular complexity index is 453. The Morgan fingerprint density at radius 3 is 3.18 bits per heavy atom. The van der Waals surface area contributed by atoms with E-state index in [4.69, 9.17) is 4.42 Å². The highest BCUT2D eigenvalue weighted by Gasteiger charge is 2.17. The third-order valence-electron chi connectivity index (χ3n) is 3.27. The largest absolute Gasteiger partial charge is 0.463 e. The fourth-order valence-electron chi connectivity index (χ4n) is 2.33. The lowest BCUT2D eigenvalue weighted by molar-refractivity contribution is 0.511. The van der Waals surface area contributed by atoms with Gasteiger partial charge < -0.3 is 14.7 Å². The molecule has 1 aliphatic rings. The molecule has 0 saturated carbocycles. The van der Waals surface area contributed by atoms with Gasteiger partial charge in [-0.25, -0.2) is 4.98 Å². The molecule has 2 aromatic heterocycles. The van der Waals surface area contributed by atoms with Crippen LogP contribution in [0, 0.1) is 0 Å². The summed E-state index contributed by atoms with van der Waals surface area (Å²) in [6.07, 6.45) is 8.54. The molecule has 0 spiro atoms. The predicted octanol–water partition coefficient (Wildman–Crippen LogP) is 2.87. The van der Waals surface area contributed by atoms with Crippen molar-refractivity contribution in [3.63, 3.8) is 0 Å². The number of nitrogens with one attached hydrogen (secondary N) is 2. The van der Waals surface area contributed by atoms with Crippen molar-refractivity contribution in [2.24, 2.45) is 0 Å². The molecule has 0 aliphatic carbocycles. The molecular weight excluding hydrogens is 214 g/mol. The van der Waals surface area contributed by atoms with Gasteiger partial charge in [0.2, 0.25) is 0 Å². The summed E-state index contributed by atoms with van der Waals surface area (Å²) in [6.45, 7) is 1.08. The zero-order valence-electron chi connectivity index (χ0n) is 9.78. The maximum atomic E-state index is 5.35. The first-order valence-electron chi connectivity index (χ1n) is 6.25. The molecule has 0 radical (unpaired) electrons. The topological polar surface area (TPSA) is 53.9 Å². The maximum absolute atomic E-state index is 5.35. The zero-order valence-corrected chi connectivity index (χ0v) is 9.78. The molecule has 1 aliphatic heterocycles. The van der Waals surface area contributed by atoms with E-state index in [9.17, 15) is 0 Å². The van der Waals surface area contributed by atoms with Crippen molar-refractivity contribution < 1.29 is 4.42 Å². The number of aromatic nitrogens is 2. The first kappa shape index (κ1) is 10.6. The molecule has 3 heterocycles. The van der Waals surface area contributed by atoms with Crippen molar-refractivity contribution in [3.8, 4) is 11.5 Å². The highest BCUT2D eigenvalue weighted by atomic mass is 16.3. The summed E-state index contributed by atoms with van der Waals surface area (Å²) in [5.41, 5.74) is 0.955. The molecule has 3 rings (SSSR count). The van der Waals surface area contributed by atoms with Crippen LogP contribution in [0.2, 0.25) is 0 Å². The van der Waals surface area contributed by atoms with Gasteiger partial charge in [0, 0.05) is 0 Å². The average molecular weight is 231 g/mol. The van der Waals surface area contributed by atoms with E-state index in [0.717, 1.165) is 30.2 Å². The zero-order chi connectivity index (χ0) is 11.5. The predicted molar refractivity (Wildman–Crippen MR) is 65.5 cm³/mol. The third-order valence-corrected chi connectivity index (χ3v) is 3.27. The Morgan fingerprint density at radius 2 is 2.29 bits per heavy atom. The Morgan fingerprint density at radius 1 is 1.29 bits per heavy atom. The van der Waals surface area contributed by atoms with Crippen LogP contribution in [-0.4, -0.2) is 16.5 Å². The van der Waals surface area contributed by atoms with Crippen molar-refractivity contribution in [2.45, 2.75) is 31.7 Å². The van der Waals surface area contributed by atoms with E-state index >= 15 is 0 Å². The molecule has 4 nitrogen and oxygen atoms in total. The Balaban J connectivity index is 1.79. The van der Waals surface area contributed by atoms with E-state index in [2.05, 4.69) is 15.3 Å². The summed E-state index contributed by atoms with van der Waals surface area (Å²) in [5.74, 6) is 1.87. The van der Waals surface area contributed by atoms with E-state index < -0.39 is 0 Å². The number of aromatic amines is 1. The van der Waals surface area contributed by atoms with Gasteiger partial charge in [-0.1, -0.05) is 12.8 Å². The molecule has 17 heavy (non-hydrogen) atoms. The normalized spacial score (nSPS) is 21.3. The van der Waals surface area contributed by atoms with Crippen LogP contribution < -0.4 is 5.32 Å². The van der Waals surface area contributed by atoms with E-state index in [1.165, 1.54) is 19.3 Å². The number of imidazole rings is 1. The summed E-state index contributed by atoms with van der Waals surface area (Å²) in [6, 6.07) is 4.19. The quantitative estimate of drug-likeness (QED) is 0.835. The Labute approximate surface area is 100 Å². The van der Waals surface area contributed by atoms with Crippen molar-refractivity contribution in [1.82, 2.24) is 15.3 Å². The summed E-state index contributed by atoms with van der Waals surface area (Å²) in [7, 11) is 0. The molecule has 1 fully saturated rings. The second-order valence-electron chi connectivity index (χ2n) is 4.52. The maximum Gasteiger partial charge on any atom is 0.151 e. The monoisotopic (exact) mass is 231 g/mol. The van der Waals surface area contributed by atoms with Crippen LogP contribution in [-0.2, 0) is 0 Å². The number of furan rings is 1. The van der Waals surface area contributed by atoms with Crippen molar-refractivity contribution in [1.29, 1.82) is 0 Å². The van der Waals surface area contributed by atoms with E-state index in [1.54, 1.807) is 6.26 Å². The van der Waals surface area contributed by atoms with Crippen LogP contribution in [0.3, 0.4) is 0 Å². The van der Waals surface area contributed by atoms with Crippen LogP contribution >= 0.6 is 0 Å². The molecular formula is C13H17N3O. The fraction of sp³-hybridized carbons (Fsp3) is 0.462. The van der Waals surface area contributed by atoms with Crippen molar-refractivity contribution >= 4 is 0 Å². The van der Waals surface area contributed by atoms with E-state index in [1.807, 2.05) is 18.3 Å². The number of H-pyrrole nitrogens is 1. The minimum Gasteiger partial charge on any atom is -0.463 e. The SMILES string of the molecule is c1coc(-c2cnc(C3CCCCCN3)[nH]2)c1. The number of hydrogen-bond donors (Lipinski definition) is 2. The summed E-state index contributed by atoms with van der Waals surface area (Å²) < 4.78 is 5.35. The third kappa shape index (κ3) is 2.26. The molecule has 4 heteroatoms. The van der Waals surface area contributed by atoms with Gasteiger partial charge in [-0.3, -0.25) is 0 Å². The first-order chi connectivity index (χ1) is 8.43. The second kappa shape index (κ2) is 4.75. The molecule has 1 saturated heterocycles. The average Bonchev–Trinajstić information content (AvgIpc) is 2.95. The van der Waals surface area contributed by atoms with Gasteiger partial charge in [0.25, 0.3) is 0 Å². The lowest BCUT2D eigenvalue weighted by Gasteiger charge is -2.12. The van der Waals surface area contributed by atoms with Crippen LogP contribution in [0.1, 0.15) is 37.5 Å². The van der Waals surface area contributed by atoms with Gasteiger partial charge in [-0.05, 0) is 31.5 Å². The summed E-state index contributed by atoms with van der Waals surface area (Å²) >= 11 is 0. The van der Waals surface area contributed by atoms with Crippen LogP contribution in [0.15, 0.2) is 29.0 Å². The Hall–Kier alpha value is -1.55. The number of nitrogens with zero attached hydrogens (tertiary/aromatic N) is 1. The lowest BCUT2D eigenvalue weighted by Crippen LogP contribution is -2.21. The fourth-order valence-corrected chi connectivity index (χ4v) is 2.33. The second-order valence-corrected chi connectivity index (χ2v) is 4.52. The molecule has 1 atom stereocenters. The molecule has 1 unspecified atom stereocenters. The summed E-state index contributed by atoms with van der Waals surface area (Å²) in [4.78, 5) is 7.81. The number of hydrogen-bond acceptors (Lipinski definition) is 3. The van der Waals surface area contributed by atoms with Gasteiger partial charge in [0.15, 0.2) is 5.76 Å². The standard InChI is InChI=1S/C13H17N3O/c1-2-5-10(14-7-3-1)13-15-9-11(16-13)12-6-4-8-17-12/h4,6,8-10,14H,1-3,5,7H2,(H,15,16). The molecule has 0 bridgehead atoms. The highest BCUT2D eigenvalue weighted by molar-refractivity contribution is 5.50. The molecule has 0 amide bonds. The van der Waals surface area contributed by atoms with Crippen molar-refractivity contribution in [3.05, 3.63) is 30.4 Å². The van der Waals surface area contributed by atoms with Crippen LogP contribution in [0.25, 0.3) is 11.5 Å².